The Bertz CT molecular complexity index is 1350. The lowest BCUT2D eigenvalue weighted by atomic mass is 9.70. The number of nitrogens with zero attached hydrogens (tertiary/aromatic N) is 3. The molecule has 216 valence electrons. The number of likely N-dealkylation sites (N-methyl/N-ethyl adjacent to an activating group) is 1. The van der Waals surface area contributed by atoms with Gasteiger partial charge in [-0.25, -0.2) is 0 Å². The molecule has 3 aliphatic rings. The second kappa shape index (κ2) is 11.7. The number of para-hydroxylation sites is 1. The summed E-state index contributed by atoms with van der Waals surface area (Å²) in [5.74, 6) is -1.90. The van der Waals surface area contributed by atoms with Crippen LogP contribution >= 0.6 is 23.4 Å². The van der Waals surface area contributed by atoms with Crippen molar-refractivity contribution in [3.05, 3.63) is 90.0 Å². The number of halogens is 1. The number of amides is 3. The summed E-state index contributed by atoms with van der Waals surface area (Å²) in [6.07, 6.45) is 4.66. The summed E-state index contributed by atoms with van der Waals surface area (Å²) in [4.78, 5) is 48.1. The van der Waals surface area contributed by atoms with Gasteiger partial charge in [-0.3, -0.25) is 14.4 Å². The van der Waals surface area contributed by atoms with Gasteiger partial charge in [-0.1, -0.05) is 66.2 Å². The lowest BCUT2D eigenvalue weighted by Crippen LogP contribution is -2.56. The highest BCUT2D eigenvalue weighted by atomic mass is 35.5. The van der Waals surface area contributed by atoms with Gasteiger partial charge in [0, 0.05) is 25.4 Å². The van der Waals surface area contributed by atoms with Gasteiger partial charge in [0.2, 0.25) is 11.8 Å². The first kappa shape index (κ1) is 29.4. The van der Waals surface area contributed by atoms with E-state index < -0.39 is 28.7 Å². The van der Waals surface area contributed by atoms with E-state index in [-0.39, 0.29) is 36.1 Å². The van der Waals surface area contributed by atoms with Gasteiger partial charge in [0.05, 0.1) is 39.9 Å². The van der Waals surface area contributed by atoms with Gasteiger partial charge >= 0.3 is 0 Å². The number of aliphatic hydroxyl groups excluding tert-OH is 1. The molecule has 2 bridgehead atoms. The number of anilines is 1. The lowest BCUT2D eigenvalue weighted by molar-refractivity contribution is -0.145. The molecule has 41 heavy (non-hydrogen) atoms. The minimum Gasteiger partial charge on any atom is -0.394 e. The number of thioether (sulfide) groups is 1. The van der Waals surface area contributed by atoms with Crippen molar-refractivity contribution in [3.8, 4) is 0 Å². The maximum absolute atomic E-state index is 14.9. The number of aryl methyl sites for hydroxylation is 1. The number of carbonyl (C=O) groups excluding carboxylic acids is 3. The molecule has 0 radical (unpaired) electrons. The van der Waals surface area contributed by atoms with E-state index in [2.05, 4.69) is 13.2 Å². The standard InChI is InChI=1S/C32H36ClN3O4S/c1-5-17-34(4)29(38)25-24-15-16-32(41-24)26(25)30(39)36(23(19-37)21-12-8-7-9-13-21)28(32)31(40)35(18-6-2)27-20(3)11-10-14-22(27)33/h5-14,23-26,28,37H,1-2,15-19H2,3-4H3/t23-,24-,25+,26+,28?,32?/m1/s1. The molecule has 2 aromatic carbocycles. The van der Waals surface area contributed by atoms with E-state index in [4.69, 9.17) is 11.6 Å². The molecule has 9 heteroatoms. The molecule has 6 atom stereocenters. The smallest absolute Gasteiger partial charge is 0.251 e. The molecule has 1 spiro atoms. The maximum atomic E-state index is 14.9. The highest BCUT2D eigenvalue weighted by Crippen LogP contribution is 2.67. The highest BCUT2D eigenvalue weighted by Gasteiger charge is 2.74. The molecule has 0 aromatic heterocycles. The maximum Gasteiger partial charge on any atom is 0.251 e. The summed E-state index contributed by atoms with van der Waals surface area (Å²) < 4.78 is -0.815. The highest BCUT2D eigenvalue weighted by molar-refractivity contribution is 8.02. The Hall–Kier alpha value is -3.07. The van der Waals surface area contributed by atoms with E-state index in [1.54, 1.807) is 51.7 Å². The van der Waals surface area contributed by atoms with Crippen LogP contribution in [0.3, 0.4) is 0 Å². The minimum atomic E-state index is -0.912. The number of fused-ring (bicyclic) bond motifs is 1. The molecule has 2 unspecified atom stereocenters. The molecule has 2 aromatic rings. The van der Waals surface area contributed by atoms with Crippen LogP contribution < -0.4 is 4.90 Å². The Morgan fingerprint density at radius 3 is 2.49 bits per heavy atom. The molecule has 1 N–H and O–H groups in total. The van der Waals surface area contributed by atoms with Crippen molar-refractivity contribution >= 4 is 46.8 Å². The molecule has 0 aliphatic carbocycles. The van der Waals surface area contributed by atoms with Crippen LogP contribution in [0.4, 0.5) is 5.69 Å². The Labute approximate surface area is 250 Å². The van der Waals surface area contributed by atoms with Gasteiger partial charge in [0.1, 0.15) is 6.04 Å². The quantitative estimate of drug-likeness (QED) is 0.406. The molecule has 3 aliphatic heterocycles. The third-order valence-corrected chi connectivity index (χ3v) is 11.0. The third-order valence-electron chi connectivity index (χ3n) is 8.77. The van der Waals surface area contributed by atoms with Crippen molar-refractivity contribution in [1.82, 2.24) is 9.80 Å². The molecule has 7 nitrogen and oxygen atoms in total. The summed E-state index contributed by atoms with van der Waals surface area (Å²) >= 11 is 8.27. The number of likely N-dealkylation sites (tertiary alicyclic amines) is 1. The fraction of sp³-hybridized carbons (Fsp3) is 0.406. The largest absolute Gasteiger partial charge is 0.394 e. The summed E-state index contributed by atoms with van der Waals surface area (Å²) in [5, 5.41) is 11.1. The minimum absolute atomic E-state index is 0.0691. The van der Waals surface area contributed by atoms with Crippen LogP contribution in [0.15, 0.2) is 73.8 Å². The topological polar surface area (TPSA) is 81.2 Å². The van der Waals surface area contributed by atoms with Crippen molar-refractivity contribution in [2.75, 3.05) is 31.6 Å². The van der Waals surface area contributed by atoms with Gasteiger partial charge in [-0.2, -0.15) is 0 Å². The van der Waals surface area contributed by atoms with Gasteiger partial charge in [0.25, 0.3) is 5.91 Å². The van der Waals surface area contributed by atoms with E-state index in [1.165, 1.54) is 0 Å². The van der Waals surface area contributed by atoms with E-state index in [9.17, 15) is 19.5 Å². The predicted octanol–water partition coefficient (Wildman–Crippen LogP) is 4.64. The number of benzene rings is 2. The zero-order valence-corrected chi connectivity index (χ0v) is 25.0. The van der Waals surface area contributed by atoms with E-state index >= 15 is 0 Å². The Balaban J connectivity index is 1.67. The molecular weight excluding hydrogens is 558 g/mol. The molecule has 3 fully saturated rings. The van der Waals surface area contributed by atoms with Gasteiger partial charge in [-0.05, 0) is 37.0 Å². The summed E-state index contributed by atoms with van der Waals surface area (Å²) in [6.45, 7) is 9.74. The van der Waals surface area contributed by atoms with Gasteiger partial charge in [0.15, 0.2) is 0 Å². The van der Waals surface area contributed by atoms with Crippen LogP contribution in [0.5, 0.6) is 0 Å². The average Bonchev–Trinajstić information content (AvgIpc) is 3.60. The monoisotopic (exact) mass is 593 g/mol. The van der Waals surface area contributed by atoms with Gasteiger partial charge < -0.3 is 19.8 Å². The van der Waals surface area contributed by atoms with Crippen LogP contribution in [0.25, 0.3) is 0 Å². The molecule has 3 saturated heterocycles. The number of aliphatic hydroxyl groups is 1. The van der Waals surface area contributed by atoms with Crippen LogP contribution in [0.1, 0.15) is 30.0 Å². The van der Waals surface area contributed by atoms with Crippen LogP contribution in [0.2, 0.25) is 5.02 Å². The van der Waals surface area contributed by atoms with Gasteiger partial charge in [-0.15, -0.1) is 24.9 Å². The predicted molar refractivity (Wildman–Crippen MR) is 164 cm³/mol. The fourth-order valence-corrected chi connectivity index (χ4v) is 9.60. The summed E-state index contributed by atoms with van der Waals surface area (Å²) in [6, 6.07) is 13.1. The molecule has 5 rings (SSSR count). The van der Waals surface area contributed by atoms with E-state index in [0.29, 0.717) is 23.7 Å². The SMILES string of the molecule is C=CCN(C)C(=O)[C@@H]1[C@H]2C(=O)N([C@H](CO)c3ccccc3)C(C(=O)N(CC=C)c3c(C)cccc3Cl)C23CC[C@H]1S3. The Kier molecular flexibility index (Phi) is 8.37. The molecular formula is C32H36ClN3O4S. The first-order chi connectivity index (χ1) is 19.7. The fourth-order valence-electron chi connectivity index (χ4n) is 7.09. The lowest BCUT2D eigenvalue weighted by Gasteiger charge is -2.40. The van der Waals surface area contributed by atoms with Crippen molar-refractivity contribution < 1.29 is 19.5 Å². The number of hydrogen-bond acceptors (Lipinski definition) is 5. The molecule has 0 saturated carbocycles. The molecule has 3 heterocycles. The first-order valence-electron chi connectivity index (χ1n) is 13.9. The second-order valence-corrected chi connectivity index (χ2v) is 13.1. The van der Waals surface area contributed by atoms with E-state index in [1.807, 2.05) is 49.4 Å². The van der Waals surface area contributed by atoms with Crippen molar-refractivity contribution in [1.29, 1.82) is 0 Å². The van der Waals surface area contributed by atoms with Crippen LogP contribution in [-0.4, -0.2) is 75.4 Å². The first-order valence-corrected chi connectivity index (χ1v) is 15.2. The van der Waals surface area contributed by atoms with Crippen molar-refractivity contribution in [2.45, 2.75) is 41.8 Å². The zero-order valence-electron chi connectivity index (χ0n) is 23.4. The van der Waals surface area contributed by atoms with Crippen LogP contribution in [0, 0.1) is 18.8 Å². The summed E-state index contributed by atoms with van der Waals surface area (Å²) in [7, 11) is 1.72. The van der Waals surface area contributed by atoms with Crippen LogP contribution in [-0.2, 0) is 14.4 Å². The number of carbonyl (C=O) groups is 3. The second-order valence-electron chi connectivity index (χ2n) is 11.1. The van der Waals surface area contributed by atoms with E-state index in [0.717, 1.165) is 17.5 Å². The Morgan fingerprint density at radius 2 is 1.85 bits per heavy atom. The van der Waals surface area contributed by atoms with Crippen molar-refractivity contribution in [3.63, 3.8) is 0 Å². The molecule has 3 amide bonds. The number of hydrogen-bond donors (Lipinski definition) is 1. The summed E-state index contributed by atoms with van der Waals surface area (Å²) in [5.41, 5.74) is 2.12. The zero-order chi connectivity index (χ0) is 29.5. The average molecular weight is 594 g/mol. The van der Waals surface area contributed by atoms with Crippen molar-refractivity contribution in [2.24, 2.45) is 11.8 Å². The number of rotatable bonds is 10. The Morgan fingerprint density at radius 1 is 1.15 bits per heavy atom. The normalized spacial score (nSPS) is 26.9. The third kappa shape index (κ3) is 4.70.